The fraction of sp³-hybridized carbons (Fsp3) is 0.800. The van der Waals surface area contributed by atoms with E-state index in [0.717, 1.165) is 25.9 Å². The molecule has 0 aromatic carbocycles. The minimum absolute atomic E-state index is 0.0575. The van der Waals surface area contributed by atoms with Gasteiger partial charge in [-0.05, 0) is 19.3 Å². The maximum atomic E-state index is 11.9. The summed E-state index contributed by atoms with van der Waals surface area (Å²) in [5.74, 6) is -0.752. The number of nitrogens with one attached hydrogen (secondary N) is 1. The molecule has 2 aliphatic rings. The molecule has 2 fully saturated rings. The minimum atomic E-state index is -0.840. The van der Waals surface area contributed by atoms with Crippen LogP contribution in [0.4, 0.5) is 0 Å². The molecular formula is C10H16N2O3. The zero-order valence-corrected chi connectivity index (χ0v) is 8.61. The summed E-state index contributed by atoms with van der Waals surface area (Å²) in [4.78, 5) is 24.2. The number of carbonyl (C=O) groups is 2. The highest BCUT2D eigenvalue weighted by atomic mass is 16.4. The van der Waals surface area contributed by atoms with E-state index in [0.29, 0.717) is 12.5 Å². The number of carboxylic acid groups (broad SMARTS) is 1. The molecule has 2 rings (SSSR count). The summed E-state index contributed by atoms with van der Waals surface area (Å²) < 4.78 is 0. The van der Waals surface area contributed by atoms with E-state index in [1.54, 1.807) is 0 Å². The first-order valence-electron chi connectivity index (χ1n) is 5.44. The average Bonchev–Trinajstić information content (AvgIpc) is 2.99. The van der Waals surface area contributed by atoms with Gasteiger partial charge in [0.2, 0.25) is 5.91 Å². The Kier molecular flexibility index (Phi) is 2.90. The van der Waals surface area contributed by atoms with Crippen LogP contribution in [0.1, 0.15) is 25.7 Å². The summed E-state index contributed by atoms with van der Waals surface area (Å²) in [6.07, 6.45) is 2.67. The average molecular weight is 212 g/mol. The van der Waals surface area contributed by atoms with Gasteiger partial charge in [0.05, 0.1) is 6.04 Å². The highest BCUT2D eigenvalue weighted by Gasteiger charge is 2.37. The van der Waals surface area contributed by atoms with Crippen molar-refractivity contribution in [1.29, 1.82) is 0 Å². The maximum Gasteiger partial charge on any atom is 0.303 e. The van der Waals surface area contributed by atoms with Crippen LogP contribution in [0.2, 0.25) is 0 Å². The summed E-state index contributed by atoms with van der Waals surface area (Å²) in [6, 6.07) is 0.155. The number of rotatable bonds is 4. The van der Waals surface area contributed by atoms with Gasteiger partial charge in [-0.1, -0.05) is 0 Å². The standard InChI is InChI=1S/C10H16N2O3/c13-9(14)4-3-8-10(15)12(6-5-11-8)7-1-2-7/h7-8,11H,1-6H2,(H,13,14). The van der Waals surface area contributed by atoms with E-state index in [1.165, 1.54) is 0 Å². The molecule has 1 saturated carbocycles. The van der Waals surface area contributed by atoms with Crippen molar-refractivity contribution in [2.75, 3.05) is 13.1 Å². The molecule has 0 bridgehead atoms. The second-order valence-electron chi connectivity index (χ2n) is 4.20. The van der Waals surface area contributed by atoms with Crippen LogP contribution in [0.25, 0.3) is 0 Å². The zero-order valence-electron chi connectivity index (χ0n) is 8.61. The Balaban J connectivity index is 1.87. The molecule has 1 aliphatic heterocycles. The highest BCUT2D eigenvalue weighted by Crippen LogP contribution is 2.28. The Morgan fingerprint density at radius 3 is 2.87 bits per heavy atom. The molecule has 84 valence electrons. The van der Waals surface area contributed by atoms with Gasteiger partial charge in [-0.2, -0.15) is 0 Å². The lowest BCUT2D eigenvalue weighted by Gasteiger charge is -2.33. The van der Waals surface area contributed by atoms with E-state index in [4.69, 9.17) is 5.11 Å². The van der Waals surface area contributed by atoms with Crippen molar-refractivity contribution in [3.8, 4) is 0 Å². The van der Waals surface area contributed by atoms with Crippen molar-refractivity contribution in [3.05, 3.63) is 0 Å². The fourth-order valence-corrected chi connectivity index (χ4v) is 2.00. The summed E-state index contributed by atoms with van der Waals surface area (Å²) in [5.41, 5.74) is 0. The van der Waals surface area contributed by atoms with E-state index in [1.807, 2.05) is 4.90 Å². The van der Waals surface area contributed by atoms with Gasteiger partial charge in [0, 0.05) is 25.6 Å². The van der Waals surface area contributed by atoms with Crippen molar-refractivity contribution < 1.29 is 14.7 Å². The number of amides is 1. The summed E-state index contributed by atoms with van der Waals surface area (Å²) >= 11 is 0. The lowest BCUT2D eigenvalue weighted by Crippen LogP contribution is -2.55. The van der Waals surface area contributed by atoms with Crippen LogP contribution in [0, 0.1) is 0 Å². The number of piperazine rings is 1. The third-order valence-electron chi connectivity index (χ3n) is 2.96. The Bertz CT molecular complexity index is 276. The third-order valence-corrected chi connectivity index (χ3v) is 2.96. The quantitative estimate of drug-likeness (QED) is 0.678. The van der Waals surface area contributed by atoms with E-state index in [9.17, 15) is 9.59 Å². The molecule has 0 aromatic rings. The summed E-state index contributed by atoms with van der Waals surface area (Å²) in [5, 5.41) is 11.6. The van der Waals surface area contributed by atoms with Gasteiger partial charge < -0.3 is 15.3 Å². The number of carbonyl (C=O) groups excluding carboxylic acids is 1. The fourth-order valence-electron chi connectivity index (χ4n) is 2.00. The minimum Gasteiger partial charge on any atom is -0.481 e. The lowest BCUT2D eigenvalue weighted by atomic mass is 10.1. The molecule has 1 unspecified atom stereocenters. The Labute approximate surface area is 88.4 Å². The normalized spacial score (nSPS) is 26.8. The van der Waals surface area contributed by atoms with Crippen LogP contribution >= 0.6 is 0 Å². The predicted molar refractivity (Wildman–Crippen MR) is 53.4 cm³/mol. The van der Waals surface area contributed by atoms with Crippen molar-refractivity contribution in [2.24, 2.45) is 0 Å². The van der Waals surface area contributed by atoms with Gasteiger partial charge in [0.25, 0.3) is 0 Å². The maximum absolute atomic E-state index is 11.9. The van der Waals surface area contributed by atoms with Gasteiger partial charge in [-0.3, -0.25) is 9.59 Å². The van der Waals surface area contributed by atoms with Crippen molar-refractivity contribution in [2.45, 2.75) is 37.8 Å². The molecule has 5 nitrogen and oxygen atoms in total. The van der Waals surface area contributed by atoms with E-state index < -0.39 is 5.97 Å². The lowest BCUT2D eigenvalue weighted by molar-refractivity contribution is -0.139. The predicted octanol–water partition coefficient (Wildman–Crippen LogP) is -0.186. The molecule has 5 heteroatoms. The van der Waals surface area contributed by atoms with Crippen LogP contribution < -0.4 is 5.32 Å². The van der Waals surface area contributed by atoms with Gasteiger partial charge in [-0.25, -0.2) is 0 Å². The molecule has 0 radical (unpaired) electrons. The molecule has 1 saturated heterocycles. The first-order chi connectivity index (χ1) is 7.18. The summed E-state index contributed by atoms with van der Waals surface area (Å²) in [6.45, 7) is 1.56. The van der Waals surface area contributed by atoms with Crippen molar-refractivity contribution in [1.82, 2.24) is 10.2 Å². The van der Waals surface area contributed by atoms with Gasteiger partial charge in [-0.15, -0.1) is 0 Å². The van der Waals surface area contributed by atoms with Crippen molar-refractivity contribution >= 4 is 11.9 Å². The zero-order chi connectivity index (χ0) is 10.8. The van der Waals surface area contributed by atoms with Crippen LogP contribution in [0.15, 0.2) is 0 Å². The van der Waals surface area contributed by atoms with Crippen LogP contribution in [-0.2, 0) is 9.59 Å². The van der Waals surface area contributed by atoms with Crippen LogP contribution in [-0.4, -0.2) is 47.1 Å². The monoisotopic (exact) mass is 212 g/mol. The Hall–Kier alpha value is -1.10. The molecular weight excluding hydrogens is 196 g/mol. The molecule has 0 spiro atoms. The van der Waals surface area contributed by atoms with Crippen molar-refractivity contribution in [3.63, 3.8) is 0 Å². The van der Waals surface area contributed by atoms with Crippen LogP contribution in [0.3, 0.4) is 0 Å². The molecule has 1 heterocycles. The molecule has 1 aliphatic carbocycles. The Morgan fingerprint density at radius 2 is 2.27 bits per heavy atom. The molecule has 0 aromatic heterocycles. The molecule has 2 N–H and O–H groups in total. The van der Waals surface area contributed by atoms with Crippen LogP contribution in [0.5, 0.6) is 0 Å². The van der Waals surface area contributed by atoms with E-state index >= 15 is 0 Å². The smallest absolute Gasteiger partial charge is 0.303 e. The number of hydrogen-bond acceptors (Lipinski definition) is 3. The summed E-state index contributed by atoms with van der Waals surface area (Å²) in [7, 11) is 0. The highest BCUT2D eigenvalue weighted by molar-refractivity contribution is 5.83. The topological polar surface area (TPSA) is 69.6 Å². The number of carboxylic acids is 1. The van der Waals surface area contributed by atoms with E-state index in [-0.39, 0.29) is 18.4 Å². The SMILES string of the molecule is O=C(O)CCC1NCCN(C2CC2)C1=O. The van der Waals surface area contributed by atoms with Gasteiger partial charge in [0.1, 0.15) is 0 Å². The van der Waals surface area contributed by atoms with Gasteiger partial charge in [0.15, 0.2) is 0 Å². The first-order valence-corrected chi connectivity index (χ1v) is 5.44. The van der Waals surface area contributed by atoms with E-state index in [2.05, 4.69) is 5.32 Å². The third kappa shape index (κ3) is 2.47. The number of aliphatic carboxylic acids is 1. The largest absolute Gasteiger partial charge is 0.481 e. The number of hydrogen-bond donors (Lipinski definition) is 2. The molecule has 1 atom stereocenters. The molecule has 1 amide bonds. The Morgan fingerprint density at radius 1 is 1.53 bits per heavy atom. The first kappa shape index (κ1) is 10.4. The second-order valence-corrected chi connectivity index (χ2v) is 4.20. The second kappa shape index (κ2) is 4.18. The molecule has 15 heavy (non-hydrogen) atoms. The number of nitrogens with zero attached hydrogens (tertiary/aromatic N) is 1. The van der Waals surface area contributed by atoms with Gasteiger partial charge >= 0.3 is 5.97 Å².